The quantitative estimate of drug-likeness (QED) is 0.0492. The van der Waals surface area contributed by atoms with Gasteiger partial charge in [-0.25, -0.2) is 14.7 Å². The van der Waals surface area contributed by atoms with Crippen LogP contribution in [0.2, 0.25) is 0 Å². The fraction of sp³-hybridized carbons (Fsp3) is 0.327. The Labute approximate surface area is 409 Å². The number of para-hydroxylation sites is 1. The molecule has 1 saturated carbocycles. The Hall–Kier alpha value is -6.93. The molecule has 6 aromatic rings. The van der Waals surface area contributed by atoms with Crippen molar-refractivity contribution in [3.63, 3.8) is 0 Å². The summed E-state index contributed by atoms with van der Waals surface area (Å²) in [4.78, 5) is 70.2. The van der Waals surface area contributed by atoms with Gasteiger partial charge in [0.1, 0.15) is 42.1 Å². The molecule has 10 rings (SSSR count). The van der Waals surface area contributed by atoms with E-state index in [1.54, 1.807) is 42.5 Å². The lowest BCUT2D eigenvalue weighted by atomic mass is 9.65. The van der Waals surface area contributed by atoms with E-state index in [2.05, 4.69) is 17.2 Å². The van der Waals surface area contributed by atoms with E-state index in [1.807, 2.05) is 89.8 Å². The predicted molar refractivity (Wildman–Crippen MR) is 262 cm³/mol. The lowest BCUT2D eigenvalue weighted by Gasteiger charge is -2.46. The fourth-order valence-electron chi connectivity index (χ4n) is 10.9. The number of hydrogen-bond acceptors (Lipinski definition) is 13. The number of benzene rings is 5. The molecule has 2 saturated heterocycles. The predicted octanol–water partition coefficient (Wildman–Crippen LogP) is 8.19. The van der Waals surface area contributed by atoms with Crippen molar-refractivity contribution in [1.82, 2.24) is 9.88 Å². The molecule has 6 atom stereocenters. The number of morpholine rings is 1. The molecular formula is C55H52N4O10S. The van der Waals surface area contributed by atoms with Crippen molar-refractivity contribution in [3.05, 3.63) is 155 Å². The third-order valence-corrected chi connectivity index (χ3v) is 14.8. The van der Waals surface area contributed by atoms with E-state index in [0.717, 1.165) is 40.8 Å². The van der Waals surface area contributed by atoms with Crippen LogP contribution in [-0.2, 0) is 34.0 Å². The fourth-order valence-corrected chi connectivity index (χ4v) is 11.8. The molecule has 3 amide bonds. The molecule has 358 valence electrons. The van der Waals surface area contributed by atoms with Crippen LogP contribution in [0.3, 0.4) is 0 Å². The molecule has 4 heterocycles. The minimum atomic E-state index is -2.12. The number of nitrogens with one attached hydrogen (secondary N) is 1. The van der Waals surface area contributed by atoms with Gasteiger partial charge in [0.25, 0.3) is 0 Å². The molecule has 1 aliphatic carbocycles. The normalized spacial score (nSPS) is 23.7. The van der Waals surface area contributed by atoms with Gasteiger partial charge in [0.2, 0.25) is 11.8 Å². The molecule has 0 unspecified atom stereocenters. The number of aliphatic hydroxyl groups excluding tert-OH is 1. The Morgan fingerprint density at radius 2 is 1.54 bits per heavy atom. The number of rotatable bonds is 11. The van der Waals surface area contributed by atoms with E-state index < -0.39 is 65.0 Å². The molecule has 5 aromatic carbocycles. The summed E-state index contributed by atoms with van der Waals surface area (Å²) < 4.78 is 24.4. The minimum absolute atomic E-state index is 0.0366. The van der Waals surface area contributed by atoms with Gasteiger partial charge in [-0.15, -0.1) is 0 Å². The summed E-state index contributed by atoms with van der Waals surface area (Å²) in [7, 11) is 1.46. The molecule has 4 aliphatic rings. The first-order chi connectivity index (χ1) is 34.1. The first-order valence-electron chi connectivity index (χ1n) is 23.6. The highest BCUT2D eigenvalue weighted by Gasteiger charge is 2.76. The Bertz CT molecular complexity index is 2950. The lowest BCUT2D eigenvalue weighted by molar-refractivity contribution is -0.177. The number of carbonyl (C=O) groups excluding carboxylic acids is 4. The van der Waals surface area contributed by atoms with Crippen molar-refractivity contribution in [3.8, 4) is 17.6 Å². The van der Waals surface area contributed by atoms with E-state index >= 15 is 14.4 Å². The Morgan fingerprint density at radius 1 is 0.829 bits per heavy atom. The minimum Gasteiger partial charge on any atom is -0.491 e. The Morgan fingerprint density at radius 3 is 2.27 bits per heavy atom. The van der Waals surface area contributed by atoms with Crippen molar-refractivity contribution >= 4 is 56.2 Å². The zero-order valence-electron chi connectivity index (χ0n) is 38.5. The molecule has 15 heteroatoms. The highest BCUT2D eigenvalue weighted by atomic mass is 32.1. The first-order valence-corrected chi connectivity index (χ1v) is 24.4. The number of nitrogens with zero attached hydrogens (tertiary/aromatic N) is 3. The molecule has 70 heavy (non-hydrogen) atoms. The molecule has 3 fully saturated rings. The number of aliphatic hydroxyl groups is 2. The van der Waals surface area contributed by atoms with Crippen molar-refractivity contribution < 1.29 is 48.3 Å². The maximum Gasteiger partial charge on any atom is 0.421 e. The number of methoxy groups -OCH3 is 1. The number of hydrogen-bond donors (Lipinski definition) is 3. The number of amides is 3. The smallest absolute Gasteiger partial charge is 0.421 e. The third-order valence-electron chi connectivity index (χ3n) is 13.9. The van der Waals surface area contributed by atoms with Gasteiger partial charge < -0.3 is 34.5 Å². The van der Waals surface area contributed by atoms with Crippen molar-refractivity contribution in [2.45, 2.75) is 73.8 Å². The summed E-state index contributed by atoms with van der Waals surface area (Å²) in [5.41, 5.74) is -0.0716. The third kappa shape index (κ3) is 8.49. The molecular weight excluding hydrogens is 909 g/mol. The maximum absolute atomic E-state index is 16.5. The monoisotopic (exact) mass is 960 g/mol. The molecule has 0 bridgehead atoms. The van der Waals surface area contributed by atoms with Crippen LogP contribution >= 0.6 is 11.3 Å². The van der Waals surface area contributed by atoms with Gasteiger partial charge in [0.05, 0.1) is 47.1 Å². The van der Waals surface area contributed by atoms with Gasteiger partial charge in [0, 0.05) is 12.7 Å². The maximum atomic E-state index is 16.5. The molecule has 14 nitrogen and oxygen atoms in total. The van der Waals surface area contributed by atoms with E-state index in [1.165, 1.54) is 18.4 Å². The number of carbonyl (C=O) groups is 4. The number of fused-ring (bicyclic) bond motifs is 4. The summed E-state index contributed by atoms with van der Waals surface area (Å²) in [5.74, 6) is 2.82. The lowest BCUT2D eigenvalue weighted by Crippen LogP contribution is -2.54. The molecule has 3 N–H and O–H groups in total. The van der Waals surface area contributed by atoms with Crippen LogP contribution in [0.5, 0.6) is 5.75 Å². The summed E-state index contributed by atoms with van der Waals surface area (Å²) >= 11 is 1.24. The van der Waals surface area contributed by atoms with Crippen LogP contribution < -0.4 is 15.0 Å². The summed E-state index contributed by atoms with van der Waals surface area (Å²) in [6.45, 7) is -0.452. The molecule has 1 spiro atoms. The number of esters is 1. The van der Waals surface area contributed by atoms with Gasteiger partial charge in [0.15, 0.2) is 5.13 Å². The van der Waals surface area contributed by atoms with Crippen LogP contribution in [0.15, 0.2) is 127 Å². The summed E-state index contributed by atoms with van der Waals surface area (Å²) in [6, 6.07) is 34.7. The van der Waals surface area contributed by atoms with Crippen LogP contribution in [-0.4, -0.2) is 89.2 Å². The summed E-state index contributed by atoms with van der Waals surface area (Å²) in [6.07, 6.45) is 2.67. The number of thiazole rings is 1. The second-order valence-corrected chi connectivity index (χ2v) is 19.1. The van der Waals surface area contributed by atoms with E-state index in [9.17, 15) is 15.0 Å². The average Bonchev–Trinajstić information content (AvgIpc) is 3.95. The van der Waals surface area contributed by atoms with E-state index in [-0.39, 0.29) is 42.8 Å². The van der Waals surface area contributed by atoms with Crippen molar-refractivity contribution in [2.24, 2.45) is 5.92 Å². The highest BCUT2D eigenvalue weighted by molar-refractivity contribution is 7.22. The number of ether oxygens (including phenoxy) is 4. The largest absolute Gasteiger partial charge is 0.491 e. The number of anilines is 2. The summed E-state index contributed by atoms with van der Waals surface area (Å²) in [5, 5.41) is 24.8. The molecule has 3 aliphatic heterocycles. The van der Waals surface area contributed by atoms with Crippen LogP contribution in [0.25, 0.3) is 10.2 Å². The second-order valence-electron chi connectivity index (χ2n) is 18.1. The van der Waals surface area contributed by atoms with E-state index in [4.69, 9.17) is 23.9 Å². The van der Waals surface area contributed by atoms with Gasteiger partial charge in [-0.3, -0.25) is 19.3 Å². The standard InChI is InChI=1S/C55H52N4O10S/c1-66-31-32-68-53(64)58-42-24-23-35(25-28-54(65)26-12-2-3-13-27-54)33-40(42)55(51(58)63)44(49(61)57-52-56-41-21-10-11-22-43(41)70-52)46-50(62)69-47(37-17-8-5-9-18-37)45(36-15-6-4-7-16-36)59(46)48(55)38-19-14-20-39(34-38)67-30-29-60/h4-11,14-24,33-34,44-48,60,65H,2-3,12-13,26-27,29-32H2,1H3,(H,56,57,61)/t44-,45-,46-,47+,48+,55-/m0/s1. The van der Waals surface area contributed by atoms with Gasteiger partial charge in [-0.2, -0.15) is 0 Å². The Balaban J connectivity index is 1.27. The van der Waals surface area contributed by atoms with Crippen LogP contribution in [0.1, 0.15) is 84.5 Å². The zero-order valence-corrected chi connectivity index (χ0v) is 39.3. The number of aromatic nitrogens is 1. The van der Waals surface area contributed by atoms with Crippen molar-refractivity contribution in [2.75, 3.05) is 43.8 Å². The van der Waals surface area contributed by atoms with Crippen LogP contribution in [0.4, 0.5) is 15.6 Å². The second kappa shape index (κ2) is 19.8. The number of cyclic esters (lactones) is 1. The average molecular weight is 961 g/mol. The molecule has 0 radical (unpaired) electrons. The van der Waals surface area contributed by atoms with Gasteiger partial charge in [-0.1, -0.05) is 121 Å². The zero-order chi connectivity index (χ0) is 48.4. The number of imide groups is 1. The van der Waals surface area contributed by atoms with Crippen molar-refractivity contribution in [1.29, 1.82) is 0 Å². The topological polar surface area (TPSA) is 177 Å². The van der Waals surface area contributed by atoms with Gasteiger partial charge >= 0.3 is 12.1 Å². The van der Waals surface area contributed by atoms with E-state index in [0.29, 0.717) is 40.8 Å². The molecule has 1 aromatic heterocycles. The Kier molecular flexibility index (Phi) is 13.2. The van der Waals surface area contributed by atoms with Crippen LogP contribution in [0, 0.1) is 17.8 Å². The highest BCUT2D eigenvalue weighted by Crippen LogP contribution is 2.66. The van der Waals surface area contributed by atoms with Gasteiger partial charge in [-0.05, 0) is 90.4 Å². The SMILES string of the molecule is COCCOC(=O)N1C(=O)[C@@]2(c3cc(C#CC4(O)CCCCCC4)ccc31)[C@H](C(=O)Nc1nc3ccccc3s1)[C@H]1C(=O)O[C@H](c3ccccc3)[C@H](c3ccccc3)N1[C@@H]2c1cccc(OCCO)c1. The first kappa shape index (κ1) is 46.8.